The summed E-state index contributed by atoms with van der Waals surface area (Å²) in [4.78, 5) is 23.3. The van der Waals surface area contributed by atoms with Gasteiger partial charge < -0.3 is 10.1 Å². The Labute approximate surface area is 137 Å². The molecule has 2 saturated carbocycles. The van der Waals surface area contributed by atoms with Gasteiger partial charge in [-0.05, 0) is 36.8 Å². The van der Waals surface area contributed by atoms with E-state index in [9.17, 15) is 14.0 Å². The van der Waals surface area contributed by atoms with Crippen LogP contribution >= 0.6 is 11.6 Å². The molecule has 0 aliphatic heterocycles. The molecule has 0 aromatic heterocycles. The lowest BCUT2D eigenvalue weighted by Crippen LogP contribution is -2.39. The molecule has 3 rings (SSSR count). The van der Waals surface area contributed by atoms with Crippen molar-refractivity contribution in [3.63, 3.8) is 0 Å². The number of nitrogens with one attached hydrogen (secondary N) is 2. The maximum atomic E-state index is 13.3. The zero-order chi connectivity index (χ0) is 16.6. The van der Waals surface area contributed by atoms with Crippen LogP contribution in [0, 0.1) is 23.6 Å². The van der Waals surface area contributed by atoms with Crippen LogP contribution in [0.2, 0.25) is 5.02 Å². The number of benzene rings is 1. The fraction of sp³-hybridized carbons (Fsp3) is 0.467. The van der Waals surface area contributed by atoms with E-state index in [0.717, 1.165) is 18.9 Å². The highest BCUT2D eigenvalue weighted by atomic mass is 35.5. The third-order valence-corrected chi connectivity index (χ3v) is 4.82. The minimum atomic E-state index is -0.593. The zero-order valence-corrected chi connectivity index (χ0v) is 13.0. The van der Waals surface area contributed by atoms with E-state index in [4.69, 9.17) is 22.2 Å². The van der Waals surface area contributed by atoms with Crippen molar-refractivity contribution in [1.82, 2.24) is 10.7 Å². The lowest BCUT2D eigenvalue weighted by atomic mass is 10.1. The molecule has 2 amide bonds. The molecule has 1 aromatic rings. The van der Waals surface area contributed by atoms with E-state index in [1.807, 2.05) is 0 Å². The Bertz CT molecular complexity index is 630. The van der Waals surface area contributed by atoms with E-state index in [1.165, 1.54) is 12.1 Å². The first kappa shape index (κ1) is 16.0. The summed E-state index contributed by atoms with van der Waals surface area (Å²) in [6, 6.07) is 4.05. The van der Waals surface area contributed by atoms with Crippen molar-refractivity contribution in [2.24, 2.45) is 23.6 Å². The number of fused-ring (bicyclic) bond motifs is 1. The van der Waals surface area contributed by atoms with Gasteiger partial charge in [-0.2, -0.15) is 0 Å². The number of carbonyl (C=O) groups is 2. The second-order valence-electron chi connectivity index (χ2n) is 5.96. The van der Waals surface area contributed by atoms with Crippen molar-refractivity contribution in [2.45, 2.75) is 18.9 Å². The highest BCUT2D eigenvalue weighted by molar-refractivity contribution is 6.30. The molecule has 124 valence electrons. The number of amides is 2. The van der Waals surface area contributed by atoms with Gasteiger partial charge in [-0.3, -0.25) is 15.0 Å². The predicted molar refractivity (Wildman–Crippen MR) is 80.9 cm³/mol. The summed E-state index contributed by atoms with van der Waals surface area (Å²) in [6.07, 6.45) is 1.54. The molecule has 2 aliphatic rings. The first-order chi connectivity index (χ1) is 11.0. The van der Waals surface area contributed by atoms with Crippen LogP contribution in [0.3, 0.4) is 0 Å². The second kappa shape index (κ2) is 6.33. The molecule has 8 heteroatoms. The maximum absolute atomic E-state index is 13.3. The highest BCUT2D eigenvalue weighted by Crippen LogP contribution is 2.57. The van der Waals surface area contributed by atoms with Gasteiger partial charge in [-0.25, -0.2) is 10.2 Å². The summed E-state index contributed by atoms with van der Waals surface area (Å²) >= 11 is 5.57. The van der Waals surface area contributed by atoms with Crippen molar-refractivity contribution in [3.05, 3.63) is 29.0 Å². The van der Waals surface area contributed by atoms with Crippen LogP contribution in [0.15, 0.2) is 18.2 Å². The largest absolute Gasteiger partial charge is 0.484 e. The minimum absolute atomic E-state index is 0.00283. The Hall–Kier alpha value is -1.86. The fourth-order valence-corrected chi connectivity index (χ4v) is 3.55. The summed E-state index contributed by atoms with van der Waals surface area (Å²) in [7, 11) is 0. The molecule has 0 bridgehead atoms. The molecule has 0 heterocycles. The van der Waals surface area contributed by atoms with Gasteiger partial charge in [0, 0.05) is 18.0 Å². The molecule has 0 radical (unpaired) electrons. The smallest absolute Gasteiger partial charge is 0.258 e. The van der Waals surface area contributed by atoms with Crippen LogP contribution in [-0.2, 0) is 9.59 Å². The summed E-state index contributed by atoms with van der Waals surface area (Å²) in [5.41, 5.74) is 2.17. The Morgan fingerprint density at radius 2 is 2.04 bits per heavy atom. The Morgan fingerprint density at radius 1 is 1.35 bits per heavy atom. The third-order valence-electron chi connectivity index (χ3n) is 4.52. The first-order valence-corrected chi connectivity index (χ1v) is 7.75. The van der Waals surface area contributed by atoms with Crippen LogP contribution < -0.4 is 21.3 Å². The van der Waals surface area contributed by atoms with Crippen LogP contribution in [0.1, 0.15) is 12.8 Å². The monoisotopic (exact) mass is 341 g/mol. The number of carbonyl (C=O) groups excluding carboxylic acids is 2. The number of hydrazine groups is 1. The average Bonchev–Trinajstić information content (AvgIpc) is 3.03. The number of hydrogen-bond acceptors (Lipinski definition) is 4. The van der Waals surface area contributed by atoms with Gasteiger partial charge in [-0.15, -0.1) is 0 Å². The lowest BCUT2D eigenvalue weighted by Gasteiger charge is -2.16. The zero-order valence-electron chi connectivity index (χ0n) is 12.2. The molecule has 6 nitrogen and oxygen atoms in total. The first-order valence-electron chi connectivity index (χ1n) is 7.37. The van der Waals surface area contributed by atoms with Crippen molar-refractivity contribution in [3.8, 4) is 5.75 Å². The van der Waals surface area contributed by atoms with Gasteiger partial charge in [0.05, 0.1) is 5.02 Å². The molecule has 4 N–H and O–H groups in total. The van der Waals surface area contributed by atoms with Crippen LogP contribution in [0.4, 0.5) is 4.39 Å². The molecule has 2 fully saturated rings. The third kappa shape index (κ3) is 3.40. The number of halogens is 2. The number of hydrogen-bond donors (Lipinski definition) is 3. The van der Waals surface area contributed by atoms with Gasteiger partial charge in [-0.1, -0.05) is 11.6 Å². The molecule has 2 aliphatic carbocycles. The highest BCUT2D eigenvalue weighted by Gasteiger charge is 2.59. The van der Waals surface area contributed by atoms with E-state index in [1.54, 1.807) is 0 Å². The van der Waals surface area contributed by atoms with E-state index in [-0.39, 0.29) is 41.2 Å². The molecule has 0 spiro atoms. The summed E-state index contributed by atoms with van der Waals surface area (Å²) in [5, 5.41) is 2.87. The van der Waals surface area contributed by atoms with Crippen LogP contribution in [-0.4, -0.2) is 24.5 Å². The fourth-order valence-electron chi connectivity index (χ4n) is 3.43. The van der Waals surface area contributed by atoms with Gasteiger partial charge >= 0.3 is 0 Å². The van der Waals surface area contributed by atoms with E-state index in [2.05, 4.69) is 10.7 Å². The number of nitrogens with two attached hydrogens (primary N) is 1. The normalized spacial score (nSPS) is 28.0. The molecule has 2 unspecified atom stereocenters. The van der Waals surface area contributed by atoms with Crippen LogP contribution in [0.5, 0.6) is 5.75 Å². The topological polar surface area (TPSA) is 93.5 Å². The van der Waals surface area contributed by atoms with Gasteiger partial charge in [0.15, 0.2) is 6.61 Å². The maximum Gasteiger partial charge on any atom is 0.258 e. The molecule has 0 saturated heterocycles. The molecular formula is C15H17ClFN3O3. The van der Waals surface area contributed by atoms with Gasteiger partial charge in [0.1, 0.15) is 11.6 Å². The van der Waals surface area contributed by atoms with Gasteiger partial charge in [0.2, 0.25) is 5.91 Å². The summed E-state index contributed by atoms with van der Waals surface area (Å²) in [5.74, 6) is 4.97. The van der Waals surface area contributed by atoms with Crippen molar-refractivity contribution >= 4 is 23.4 Å². The molecule has 23 heavy (non-hydrogen) atoms. The molecule has 1 aromatic carbocycles. The number of ether oxygens (including phenoxy) is 1. The van der Waals surface area contributed by atoms with E-state index < -0.39 is 5.82 Å². The lowest BCUT2D eigenvalue weighted by molar-refractivity contribution is -0.123. The SMILES string of the molecule is NNC(=O)C1C2CC(NC(=O)COc3ccc(Cl)c(F)c3)CC21. The van der Waals surface area contributed by atoms with Crippen molar-refractivity contribution < 1.29 is 18.7 Å². The standard InChI is InChI=1S/C15H17ClFN3O3/c16-11-2-1-8(5-12(11)17)23-6-13(21)19-7-3-9-10(4-7)14(9)15(22)20-18/h1-2,5,7,9-10,14H,3-4,6,18H2,(H,19,21)(H,20,22). The predicted octanol–water partition coefficient (Wildman–Crippen LogP) is 0.989. The minimum Gasteiger partial charge on any atom is -0.484 e. The quantitative estimate of drug-likeness (QED) is 0.423. The number of rotatable bonds is 5. The second-order valence-corrected chi connectivity index (χ2v) is 6.37. The van der Waals surface area contributed by atoms with Crippen molar-refractivity contribution in [1.29, 1.82) is 0 Å². The summed E-state index contributed by atoms with van der Waals surface area (Å²) < 4.78 is 18.5. The van der Waals surface area contributed by atoms with Gasteiger partial charge in [0.25, 0.3) is 5.91 Å². The van der Waals surface area contributed by atoms with E-state index >= 15 is 0 Å². The Kier molecular flexibility index (Phi) is 4.41. The molecule has 2 atom stereocenters. The summed E-state index contributed by atoms with van der Waals surface area (Å²) in [6.45, 7) is -0.195. The average molecular weight is 342 g/mol. The van der Waals surface area contributed by atoms with Crippen LogP contribution in [0.25, 0.3) is 0 Å². The Balaban J connectivity index is 1.41. The molecular weight excluding hydrogens is 325 g/mol. The van der Waals surface area contributed by atoms with E-state index in [0.29, 0.717) is 11.8 Å². The van der Waals surface area contributed by atoms with Crippen molar-refractivity contribution in [2.75, 3.05) is 6.61 Å². The Morgan fingerprint density at radius 3 is 2.65 bits per heavy atom.